The Morgan fingerprint density at radius 3 is 2.56 bits per heavy atom. The Morgan fingerprint density at radius 1 is 1.00 bits per heavy atom. The molecule has 138 valence electrons. The van der Waals surface area contributed by atoms with E-state index in [9.17, 15) is 9.59 Å². The van der Waals surface area contributed by atoms with E-state index in [-0.39, 0.29) is 5.91 Å². The van der Waals surface area contributed by atoms with Crippen molar-refractivity contribution in [3.05, 3.63) is 76.1 Å². The molecule has 1 aliphatic rings. The summed E-state index contributed by atoms with van der Waals surface area (Å²) in [6, 6.07) is 15.9. The average molecular weight is 364 g/mol. The van der Waals surface area contributed by atoms with Crippen LogP contribution in [0.5, 0.6) is 0 Å². The van der Waals surface area contributed by atoms with Gasteiger partial charge in [-0.15, -0.1) is 0 Å². The number of anilines is 1. The number of carbonyl (C=O) groups is 1. The van der Waals surface area contributed by atoms with Crippen molar-refractivity contribution in [2.45, 2.75) is 6.54 Å². The maximum Gasteiger partial charge on any atom is 0.336 e. The lowest BCUT2D eigenvalue weighted by Crippen LogP contribution is -2.35. The minimum Gasteiger partial charge on any atom is -0.423 e. The second kappa shape index (κ2) is 7.73. The summed E-state index contributed by atoms with van der Waals surface area (Å²) in [5.74, 6) is -0.205. The highest BCUT2D eigenvalue weighted by molar-refractivity contribution is 6.06. The molecule has 2 heterocycles. The normalized spacial score (nSPS) is 15.0. The van der Waals surface area contributed by atoms with Crippen molar-refractivity contribution in [2.24, 2.45) is 0 Å². The quantitative estimate of drug-likeness (QED) is 0.721. The number of benzene rings is 2. The van der Waals surface area contributed by atoms with Crippen LogP contribution in [0.25, 0.3) is 11.0 Å². The molecule has 3 aromatic rings. The second-order valence-corrected chi connectivity index (χ2v) is 6.55. The van der Waals surface area contributed by atoms with Gasteiger partial charge in [-0.25, -0.2) is 4.79 Å². The Labute approximate surface area is 156 Å². The third kappa shape index (κ3) is 4.24. The number of rotatable bonds is 4. The number of ether oxygens (including phenoxy) is 1. The molecule has 6 nitrogen and oxygen atoms in total. The number of nitrogens with one attached hydrogen (secondary N) is 1. The van der Waals surface area contributed by atoms with Crippen LogP contribution in [0.3, 0.4) is 0 Å². The van der Waals surface area contributed by atoms with Crippen molar-refractivity contribution in [3.8, 4) is 0 Å². The van der Waals surface area contributed by atoms with Crippen molar-refractivity contribution in [2.75, 3.05) is 31.6 Å². The Bertz CT molecular complexity index is 1000. The van der Waals surface area contributed by atoms with Gasteiger partial charge in [0.05, 0.1) is 13.2 Å². The SMILES string of the molecule is O=C(Nc1ccc(CN2CCOCC2)cc1)c1ccc2oc(=O)ccc2c1. The molecule has 4 rings (SSSR count). The van der Waals surface area contributed by atoms with E-state index in [2.05, 4.69) is 10.2 Å². The van der Waals surface area contributed by atoms with Crippen LogP contribution in [0, 0.1) is 0 Å². The van der Waals surface area contributed by atoms with Gasteiger partial charge in [0.2, 0.25) is 0 Å². The number of nitrogens with zero attached hydrogens (tertiary/aromatic N) is 1. The first-order chi connectivity index (χ1) is 13.2. The van der Waals surface area contributed by atoms with Crippen molar-refractivity contribution in [1.29, 1.82) is 0 Å². The molecular formula is C21H20N2O4. The first-order valence-corrected chi connectivity index (χ1v) is 8.92. The number of hydrogen-bond acceptors (Lipinski definition) is 5. The van der Waals surface area contributed by atoms with E-state index in [0.717, 1.165) is 38.5 Å². The molecule has 0 bridgehead atoms. The van der Waals surface area contributed by atoms with E-state index in [1.54, 1.807) is 24.3 Å². The summed E-state index contributed by atoms with van der Waals surface area (Å²) in [6.45, 7) is 4.33. The van der Waals surface area contributed by atoms with Crippen LogP contribution in [0.15, 0.2) is 63.8 Å². The maximum atomic E-state index is 12.5. The Morgan fingerprint density at radius 2 is 1.78 bits per heavy atom. The lowest BCUT2D eigenvalue weighted by atomic mass is 10.1. The molecule has 0 atom stereocenters. The van der Waals surface area contributed by atoms with Crippen molar-refractivity contribution in [1.82, 2.24) is 4.90 Å². The van der Waals surface area contributed by atoms with Gasteiger partial charge >= 0.3 is 5.63 Å². The van der Waals surface area contributed by atoms with Gasteiger partial charge in [-0.1, -0.05) is 12.1 Å². The van der Waals surface area contributed by atoms with Crippen LogP contribution < -0.4 is 10.9 Å². The van der Waals surface area contributed by atoms with E-state index in [1.807, 2.05) is 24.3 Å². The maximum absolute atomic E-state index is 12.5. The first-order valence-electron chi connectivity index (χ1n) is 8.92. The summed E-state index contributed by atoms with van der Waals surface area (Å²) in [5.41, 5.74) is 2.51. The van der Waals surface area contributed by atoms with Crippen LogP contribution in [0.1, 0.15) is 15.9 Å². The summed E-state index contributed by atoms with van der Waals surface area (Å²) in [5, 5.41) is 3.61. The fourth-order valence-electron chi connectivity index (χ4n) is 3.13. The van der Waals surface area contributed by atoms with Gasteiger partial charge in [-0.2, -0.15) is 0 Å². The zero-order valence-corrected chi connectivity index (χ0v) is 14.8. The molecule has 27 heavy (non-hydrogen) atoms. The van der Waals surface area contributed by atoms with Gasteiger partial charge in [0.15, 0.2) is 0 Å². The molecule has 2 aromatic carbocycles. The van der Waals surface area contributed by atoms with E-state index < -0.39 is 5.63 Å². The third-order valence-corrected chi connectivity index (χ3v) is 4.60. The van der Waals surface area contributed by atoms with E-state index in [0.29, 0.717) is 16.5 Å². The van der Waals surface area contributed by atoms with Crippen LogP contribution in [0.4, 0.5) is 5.69 Å². The van der Waals surface area contributed by atoms with Crippen LogP contribution in [0.2, 0.25) is 0 Å². The molecule has 6 heteroatoms. The molecule has 0 aliphatic carbocycles. The van der Waals surface area contributed by atoms with E-state index >= 15 is 0 Å². The number of hydrogen-bond donors (Lipinski definition) is 1. The second-order valence-electron chi connectivity index (χ2n) is 6.55. The molecule has 1 amide bonds. The minimum absolute atomic E-state index is 0.205. The molecule has 1 saturated heterocycles. The molecule has 0 saturated carbocycles. The molecule has 1 fully saturated rings. The van der Waals surface area contributed by atoms with Crippen LogP contribution >= 0.6 is 0 Å². The number of morpholine rings is 1. The molecule has 0 radical (unpaired) electrons. The number of carbonyl (C=O) groups excluding carboxylic acids is 1. The standard InChI is InChI=1S/C21H20N2O4/c24-20-8-4-16-13-17(3-7-19(16)27-20)21(25)22-18-5-1-15(2-6-18)14-23-9-11-26-12-10-23/h1-8,13H,9-12,14H2,(H,22,25). The predicted molar refractivity (Wildman–Crippen MR) is 103 cm³/mol. The summed E-state index contributed by atoms with van der Waals surface area (Å²) in [4.78, 5) is 26.1. The van der Waals surface area contributed by atoms with Gasteiger partial charge in [-0.05, 0) is 42.0 Å². The largest absolute Gasteiger partial charge is 0.423 e. The molecule has 0 spiro atoms. The zero-order chi connectivity index (χ0) is 18.6. The topological polar surface area (TPSA) is 71.8 Å². The summed E-state index contributed by atoms with van der Waals surface area (Å²) in [7, 11) is 0. The predicted octanol–water partition coefficient (Wildman–Crippen LogP) is 2.88. The van der Waals surface area contributed by atoms with E-state index in [1.165, 1.54) is 11.6 Å². The van der Waals surface area contributed by atoms with Gasteiger partial charge in [-0.3, -0.25) is 9.69 Å². The number of fused-ring (bicyclic) bond motifs is 1. The monoisotopic (exact) mass is 364 g/mol. The molecule has 0 unspecified atom stereocenters. The molecular weight excluding hydrogens is 344 g/mol. The molecule has 1 aromatic heterocycles. The summed E-state index contributed by atoms with van der Waals surface area (Å²) in [6.07, 6.45) is 0. The summed E-state index contributed by atoms with van der Waals surface area (Å²) < 4.78 is 10.5. The highest BCUT2D eigenvalue weighted by atomic mass is 16.5. The first kappa shape index (κ1) is 17.5. The Hall–Kier alpha value is -2.96. The fraction of sp³-hybridized carbons (Fsp3) is 0.238. The van der Waals surface area contributed by atoms with Gasteiger partial charge in [0.1, 0.15) is 5.58 Å². The lowest BCUT2D eigenvalue weighted by Gasteiger charge is -2.26. The highest BCUT2D eigenvalue weighted by Crippen LogP contribution is 2.17. The Kier molecular flexibility index (Phi) is 5.00. The smallest absolute Gasteiger partial charge is 0.336 e. The lowest BCUT2D eigenvalue weighted by molar-refractivity contribution is 0.0342. The van der Waals surface area contributed by atoms with Crippen LogP contribution in [-0.4, -0.2) is 37.1 Å². The Balaban J connectivity index is 1.43. The van der Waals surface area contributed by atoms with Crippen molar-refractivity contribution in [3.63, 3.8) is 0 Å². The number of amides is 1. The van der Waals surface area contributed by atoms with Gasteiger partial charge in [0, 0.05) is 42.3 Å². The van der Waals surface area contributed by atoms with E-state index in [4.69, 9.17) is 9.15 Å². The zero-order valence-electron chi connectivity index (χ0n) is 14.8. The van der Waals surface area contributed by atoms with Crippen molar-refractivity contribution >= 4 is 22.6 Å². The summed E-state index contributed by atoms with van der Waals surface area (Å²) >= 11 is 0. The average Bonchev–Trinajstić information content (AvgIpc) is 2.70. The molecule has 1 N–H and O–H groups in total. The van der Waals surface area contributed by atoms with Gasteiger partial charge < -0.3 is 14.5 Å². The third-order valence-electron chi connectivity index (χ3n) is 4.60. The van der Waals surface area contributed by atoms with Crippen LogP contribution in [-0.2, 0) is 11.3 Å². The van der Waals surface area contributed by atoms with Gasteiger partial charge in [0.25, 0.3) is 5.91 Å². The fourth-order valence-corrected chi connectivity index (χ4v) is 3.13. The highest BCUT2D eigenvalue weighted by Gasteiger charge is 2.11. The van der Waals surface area contributed by atoms with Crippen molar-refractivity contribution < 1.29 is 13.9 Å². The molecule has 1 aliphatic heterocycles. The minimum atomic E-state index is -0.406.